The van der Waals surface area contributed by atoms with Crippen molar-refractivity contribution in [1.29, 1.82) is 0 Å². The van der Waals surface area contributed by atoms with Gasteiger partial charge in [-0.2, -0.15) is 0 Å². The van der Waals surface area contributed by atoms with Crippen molar-refractivity contribution in [2.45, 2.75) is 25.8 Å². The number of imidazole rings is 1. The molecule has 2 amide bonds. The van der Waals surface area contributed by atoms with Gasteiger partial charge in [-0.05, 0) is 60.2 Å². The number of nitrogens with one attached hydrogen (secondary N) is 1. The SMILES string of the molecule is CC(C)(NC(=O)[C@@H]1[C@@H]2C[C@H]1CN(C(=O)O)C2)c1ncc2c(Br)cccn12. The maximum absolute atomic E-state index is 12.9. The van der Waals surface area contributed by atoms with Crippen molar-refractivity contribution in [3.63, 3.8) is 0 Å². The summed E-state index contributed by atoms with van der Waals surface area (Å²) in [5, 5.41) is 12.3. The fraction of sp³-hybridized carbons (Fsp3) is 0.500. The molecule has 4 rings (SSSR count). The Balaban J connectivity index is 1.52. The highest BCUT2D eigenvalue weighted by atomic mass is 79.9. The van der Waals surface area contributed by atoms with Gasteiger partial charge in [0.2, 0.25) is 5.91 Å². The Morgan fingerprint density at radius 2 is 2.04 bits per heavy atom. The van der Waals surface area contributed by atoms with Gasteiger partial charge in [0.15, 0.2) is 0 Å². The minimum Gasteiger partial charge on any atom is -0.465 e. The lowest BCUT2D eigenvalue weighted by molar-refractivity contribution is -0.142. The molecular weight excluding hydrogens is 400 g/mol. The van der Waals surface area contributed by atoms with E-state index in [1.54, 1.807) is 6.20 Å². The Kier molecular flexibility index (Phi) is 3.98. The fourth-order valence-corrected chi connectivity index (χ4v) is 4.82. The van der Waals surface area contributed by atoms with Crippen molar-refractivity contribution in [2.75, 3.05) is 13.1 Å². The zero-order valence-corrected chi connectivity index (χ0v) is 16.2. The van der Waals surface area contributed by atoms with Crippen molar-refractivity contribution >= 4 is 33.4 Å². The van der Waals surface area contributed by atoms with Crippen molar-refractivity contribution in [2.24, 2.45) is 17.8 Å². The maximum Gasteiger partial charge on any atom is 0.407 e. The number of hydrogen-bond acceptors (Lipinski definition) is 3. The molecule has 2 aromatic heterocycles. The molecule has 1 saturated heterocycles. The highest BCUT2D eigenvalue weighted by Crippen LogP contribution is 2.46. The monoisotopic (exact) mass is 420 g/mol. The second kappa shape index (κ2) is 5.97. The van der Waals surface area contributed by atoms with Crippen LogP contribution in [0.3, 0.4) is 0 Å². The molecular formula is C18H21BrN4O3. The number of halogens is 1. The number of rotatable bonds is 3. The number of likely N-dealkylation sites (tertiary alicyclic amines) is 1. The van der Waals surface area contributed by atoms with Crippen LogP contribution in [0.25, 0.3) is 5.52 Å². The molecule has 0 radical (unpaired) electrons. The van der Waals surface area contributed by atoms with Crippen LogP contribution in [0.2, 0.25) is 0 Å². The third-order valence-corrected chi connectivity index (χ3v) is 6.29. The molecule has 3 heterocycles. The second-order valence-corrected chi connectivity index (χ2v) is 8.63. The maximum atomic E-state index is 12.9. The minimum absolute atomic E-state index is 0.00645. The molecule has 1 aliphatic heterocycles. The first-order chi connectivity index (χ1) is 12.3. The summed E-state index contributed by atoms with van der Waals surface area (Å²) < 4.78 is 2.92. The molecule has 26 heavy (non-hydrogen) atoms. The Morgan fingerprint density at radius 3 is 2.69 bits per heavy atom. The third kappa shape index (κ3) is 2.67. The lowest BCUT2D eigenvalue weighted by Crippen LogP contribution is -2.62. The Hall–Kier alpha value is -2.09. The lowest BCUT2D eigenvalue weighted by atomic mass is 9.61. The molecule has 2 bridgehead atoms. The number of carboxylic acid groups (broad SMARTS) is 1. The van der Waals surface area contributed by atoms with Crippen LogP contribution in [0, 0.1) is 17.8 Å². The number of nitrogens with zero attached hydrogens (tertiary/aromatic N) is 3. The molecule has 1 aliphatic carbocycles. The van der Waals surface area contributed by atoms with Crippen LogP contribution in [0.4, 0.5) is 4.79 Å². The van der Waals surface area contributed by atoms with E-state index in [1.807, 2.05) is 36.6 Å². The quantitative estimate of drug-likeness (QED) is 0.798. The van der Waals surface area contributed by atoms with E-state index in [0.29, 0.717) is 13.1 Å². The number of carbonyl (C=O) groups excluding carboxylic acids is 1. The van der Waals surface area contributed by atoms with Crippen LogP contribution in [-0.2, 0) is 10.3 Å². The van der Waals surface area contributed by atoms with Crippen LogP contribution in [0.5, 0.6) is 0 Å². The third-order valence-electron chi connectivity index (χ3n) is 5.62. The van der Waals surface area contributed by atoms with Crippen LogP contribution in [0.1, 0.15) is 26.1 Å². The number of carbonyl (C=O) groups is 2. The largest absolute Gasteiger partial charge is 0.465 e. The zero-order chi connectivity index (χ0) is 18.6. The first kappa shape index (κ1) is 17.3. The Morgan fingerprint density at radius 1 is 1.35 bits per heavy atom. The number of hydrogen-bond donors (Lipinski definition) is 2. The molecule has 138 valence electrons. The number of piperidine rings is 2. The summed E-state index contributed by atoms with van der Waals surface area (Å²) in [4.78, 5) is 30.0. The second-order valence-electron chi connectivity index (χ2n) is 7.78. The average Bonchev–Trinajstić information content (AvgIpc) is 3.00. The van der Waals surface area contributed by atoms with Crippen LogP contribution >= 0.6 is 15.9 Å². The van der Waals surface area contributed by atoms with Gasteiger partial charge in [0, 0.05) is 29.7 Å². The van der Waals surface area contributed by atoms with Crippen molar-refractivity contribution in [3.05, 3.63) is 34.8 Å². The predicted molar refractivity (Wildman–Crippen MR) is 98.7 cm³/mol. The number of amides is 2. The van der Waals surface area contributed by atoms with Gasteiger partial charge in [0.1, 0.15) is 5.82 Å². The van der Waals surface area contributed by atoms with E-state index in [0.717, 1.165) is 22.2 Å². The molecule has 7 nitrogen and oxygen atoms in total. The lowest BCUT2D eigenvalue weighted by Gasteiger charge is -2.52. The molecule has 2 aliphatic rings. The Bertz CT molecular complexity index is 882. The summed E-state index contributed by atoms with van der Waals surface area (Å²) >= 11 is 3.52. The van der Waals surface area contributed by atoms with Crippen molar-refractivity contribution < 1.29 is 14.7 Å². The van der Waals surface area contributed by atoms with E-state index in [9.17, 15) is 9.59 Å². The highest BCUT2D eigenvalue weighted by molar-refractivity contribution is 9.10. The van der Waals surface area contributed by atoms with Gasteiger partial charge in [-0.15, -0.1) is 0 Å². The molecule has 2 aromatic rings. The van der Waals surface area contributed by atoms with E-state index in [2.05, 4.69) is 26.2 Å². The summed E-state index contributed by atoms with van der Waals surface area (Å²) in [5.74, 6) is 0.883. The smallest absolute Gasteiger partial charge is 0.407 e. The van der Waals surface area contributed by atoms with Gasteiger partial charge in [0.05, 0.1) is 17.3 Å². The van der Waals surface area contributed by atoms with Crippen LogP contribution in [0.15, 0.2) is 29.0 Å². The topological polar surface area (TPSA) is 86.9 Å². The molecule has 8 heteroatoms. The first-order valence-corrected chi connectivity index (χ1v) is 9.49. The average molecular weight is 421 g/mol. The molecule has 0 aromatic carbocycles. The minimum atomic E-state index is -0.895. The number of pyridine rings is 1. The predicted octanol–water partition coefficient (Wildman–Crippen LogP) is 2.69. The molecule has 0 unspecified atom stereocenters. The summed E-state index contributed by atoms with van der Waals surface area (Å²) in [6, 6.07) is 3.88. The molecule has 0 spiro atoms. The number of aromatic nitrogens is 2. The summed E-state index contributed by atoms with van der Waals surface area (Å²) in [6.07, 6.45) is 3.75. The molecule has 3 atom stereocenters. The van der Waals surface area contributed by atoms with E-state index < -0.39 is 11.6 Å². The summed E-state index contributed by atoms with van der Waals surface area (Å²) in [6.45, 7) is 4.78. The van der Waals surface area contributed by atoms with Gasteiger partial charge < -0.3 is 19.7 Å². The molecule has 2 fully saturated rings. The highest BCUT2D eigenvalue weighted by Gasteiger charge is 2.52. The van der Waals surface area contributed by atoms with E-state index in [-0.39, 0.29) is 23.7 Å². The van der Waals surface area contributed by atoms with Crippen LogP contribution in [-0.4, -0.2) is 44.5 Å². The van der Waals surface area contributed by atoms with E-state index in [1.165, 1.54) is 4.90 Å². The van der Waals surface area contributed by atoms with Gasteiger partial charge >= 0.3 is 6.09 Å². The van der Waals surface area contributed by atoms with Crippen LogP contribution < -0.4 is 5.32 Å². The van der Waals surface area contributed by atoms with Crippen molar-refractivity contribution in [3.8, 4) is 0 Å². The first-order valence-electron chi connectivity index (χ1n) is 8.70. The standard InChI is InChI=1S/C18H21BrN4O3/c1-18(2,16-20-7-13-12(19)4-3-5-23(13)16)21-15(24)14-10-6-11(14)9-22(8-10)17(25)26/h3-5,7,10-11,14H,6,8-9H2,1-2H3,(H,21,24)(H,25,26)/t10-,11+,14-. The fourth-order valence-electron chi connectivity index (χ4n) is 4.37. The van der Waals surface area contributed by atoms with Gasteiger partial charge in [-0.3, -0.25) is 4.79 Å². The van der Waals surface area contributed by atoms with Gasteiger partial charge in [-0.25, -0.2) is 9.78 Å². The zero-order valence-electron chi connectivity index (χ0n) is 14.6. The van der Waals surface area contributed by atoms with Gasteiger partial charge in [-0.1, -0.05) is 0 Å². The van der Waals surface area contributed by atoms with E-state index in [4.69, 9.17) is 5.11 Å². The Labute approximate surface area is 159 Å². The molecule has 2 N–H and O–H groups in total. The van der Waals surface area contributed by atoms with Crippen molar-refractivity contribution in [1.82, 2.24) is 19.6 Å². The van der Waals surface area contributed by atoms with E-state index >= 15 is 0 Å². The summed E-state index contributed by atoms with van der Waals surface area (Å²) in [5.41, 5.74) is 0.308. The number of fused-ring (bicyclic) bond motifs is 3. The summed E-state index contributed by atoms with van der Waals surface area (Å²) in [7, 11) is 0. The van der Waals surface area contributed by atoms with Gasteiger partial charge in [0.25, 0.3) is 0 Å². The molecule has 1 saturated carbocycles. The normalized spacial score (nSPS) is 25.0.